The van der Waals surface area contributed by atoms with Gasteiger partial charge in [-0.3, -0.25) is 18.6 Å². The van der Waals surface area contributed by atoms with Crippen molar-refractivity contribution in [3.8, 4) is 0 Å². The fraction of sp³-hybridized carbons (Fsp3) is 0.784. The summed E-state index contributed by atoms with van der Waals surface area (Å²) in [5.41, 5.74) is 0. The predicted octanol–water partition coefficient (Wildman–Crippen LogP) is 10.9. The molecule has 0 saturated carbocycles. The van der Waals surface area contributed by atoms with Gasteiger partial charge < -0.3 is 14.4 Å². The van der Waals surface area contributed by atoms with Crippen molar-refractivity contribution >= 4 is 19.8 Å². The summed E-state index contributed by atoms with van der Waals surface area (Å²) < 4.78 is 32.4. The molecular formula is C37H67O8P. The van der Waals surface area contributed by atoms with Crippen LogP contribution in [-0.4, -0.2) is 42.8 Å². The number of phosphoric ester groups is 1. The summed E-state index contributed by atoms with van der Waals surface area (Å²) in [7, 11) is -4.27. The van der Waals surface area contributed by atoms with Gasteiger partial charge in [0.05, 0.1) is 13.2 Å². The summed E-state index contributed by atoms with van der Waals surface area (Å²) in [6.07, 6.45) is 34.9. The molecule has 2 unspecified atom stereocenters. The highest BCUT2D eigenvalue weighted by atomic mass is 31.2. The van der Waals surface area contributed by atoms with E-state index >= 15 is 0 Å². The van der Waals surface area contributed by atoms with Gasteiger partial charge in [0.2, 0.25) is 0 Å². The van der Waals surface area contributed by atoms with E-state index in [1.807, 2.05) is 0 Å². The molecule has 0 aliphatic carbocycles. The molecule has 0 saturated heterocycles. The molecule has 2 atom stereocenters. The highest BCUT2D eigenvalue weighted by molar-refractivity contribution is 7.47. The molecule has 1 N–H and O–H groups in total. The Morgan fingerprint density at radius 3 is 1.67 bits per heavy atom. The number of rotatable bonds is 33. The van der Waals surface area contributed by atoms with Crippen LogP contribution in [0.25, 0.3) is 0 Å². The Hall–Kier alpha value is -1.73. The molecule has 0 heterocycles. The van der Waals surface area contributed by atoms with Crippen molar-refractivity contribution in [2.75, 3.05) is 19.8 Å². The van der Waals surface area contributed by atoms with E-state index in [4.69, 9.17) is 18.5 Å². The molecule has 0 aromatic carbocycles. The molecule has 0 amide bonds. The summed E-state index contributed by atoms with van der Waals surface area (Å²) >= 11 is 0. The van der Waals surface area contributed by atoms with Crippen LogP contribution in [0.1, 0.15) is 162 Å². The molecule has 8 nitrogen and oxygen atoms in total. The van der Waals surface area contributed by atoms with Crippen molar-refractivity contribution in [3.63, 3.8) is 0 Å². The van der Waals surface area contributed by atoms with Crippen molar-refractivity contribution in [1.29, 1.82) is 0 Å². The van der Waals surface area contributed by atoms with Gasteiger partial charge in [0.1, 0.15) is 6.61 Å². The van der Waals surface area contributed by atoms with Gasteiger partial charge in [0, 0.05) is 12.8 Å². The third kappa shape index (κ3) is 32.2. The zero-order chi connectivity index (χ0) is 34.0. The molecule has 9 heteroatoms. The zero-order valence-corrected chi connectivity index (χ0v) is 30.4. The van der Waals surface area contributed by atoms with E-state index in [-0.39, 0.29) is 25.6 Å². The number of unbranched alkanes of at least 4 members (excludes halogenated alkanes) is 15. The average molecular weight is 671 g/mol. The van der Waals surface area contributed by atoms with Gasteiger partial charge >= 0.3 is 19.8 Å². The summed E-state index contributed by atoms with van der Waals surface area (Å²) in [4.78, 5) is 34.5. The van der Waals surface area contributed by atoms with Gasteiger partial charge in [-0.25, -0.2) is 4.57 Å². The zero-order valence-electron chi connectivity index (χ0n) is 29.5. The van der Waals surface area contributed by atoms with Gasteiger partial charge in [0.25, 0.3) is 0 Å². The van der Waals surface area contributed by atoms with Crippen LogP contribution in [0.4, 0.5) is 0 Å². The van der Waals surface area contributed by atoms with E-state index < -0.39 is 26.5 Å². The fourth-order valence-corrected chi connectivity index (χ4v) is 5.57. The lowest BCUT2D eigenvalue weighted by Crippen LogP contribution is -2.29. The van der Waals surface area contributed by atoms with Gasteiger partial charge in [-0.05, 0) is 51.9 Å². The molecule has 0 aromatic rings. The van der Waals surface area contributed by atoms with Gasteiger partial charge in [-0.1, -0.05) is 134 Å². The second kappa shape index (κ2) is 33.2. The second-order valence-corrected chi connectivity index (χ2v) is 13.3. The van der Waals surface area contributed by atoms with Crippen LogP contribution >= 0.6 is 7.82 Å². The van der Waals surface area contributed by atoms with Gasteiger partial charge in [-0.2, -0.15) is 0 Å². The third-order valence-corrected chi connectivity index (χ3v) is 8.52. The molecule has 0 rings (SSSR count). The Kier molecular flexibility index (Phi) is 31.9. The first kappa shape index (κ1) is 44.3. The van der Waals surface area contributed by atoms with Crippen molar-refractivity contribution < 1.29 is 37.6 Å². The number of phosphoric acid groups is 1. The minimum atomic E-state index is -4.27. The van der Waals surface area contributed by atoms with Crippen LogP contribution in [-0.2, 0) is 32.7 Å². The lowest BCUT2D eigenvalue weighted by atomic mass is 10.1. The Labute approximate surface area is 281 Å². The first-order chi connectivity index (χ1) is 22.3. The van der Waals surface area contributed by atoms with Crippen LogP contribution < -0.4 is 0 Å². The van der Waals surface area contributed by atoms with Crippen molar-refractivity contribution in [1.82, 2.24) is 0 Å². The van der Waals surface area contributed by atoms with Crippen LogP contribution in [0.15, 0.2) is 36.5 Å². The smallest absolute Gasteiger partial charge is 0.462 e. The molecule has 0 fully saturated rings. The first-order valence-corrected chi connectivity index (χ1v) is 19.8. The van der Waals surface area contributed by atoms with E-state index in [9.17, 15) is 19.0 Å². The Morgan fingerprint density at radius 1 is 0.609 bits per heavy atom. The number of esters is 2. The van der Waals surface area contributed by atoms with Crippen molar-refractivity contribution in [2.45, 2.75) is 168 Å². The van der Waals surface area contributed by atoms with Crippen LogP contribution in [0.5, 0.6) is 0 Å². The summed E-state index contributed by atoms with van der Waals surface area (Å²) in [5.74, 6) is -0.813. The Bertz CT molecular complexity index is 854. The normalized spacial score (nSPS) is 13.9. The molecule has 0 aliphatic heterocycles. The lowest BCUT2D eigenvalue weighted by Gasteiger charge is -2.19. The monoisotopic (exact) mass is 670 g/mol. The topological polar surface area (TPSA) is 108 Å². The Morgan fingerprint density at radius 2 is 1.11 bits per heavy atom. The van der Waals surface area contributed by atoms with E-state index in [1.54, 1.807) is 6.92 Å². The van der Waals surface area contributed by atoms with Crippen molar-refractivity contribution in [2.24, 2.45) is 0 Å². The predicted molar refractivity (Wildman–Crippen MR) is 189 cm³/mol. The molecule has 46 heavy (non-hydrogen) atoms. The van der Waals surface area contributed by atoms with E-state index in [0.29, 0.717) is 12.8 Å². The van der Waals surface area contributed by atoms with Crippen LogP contribution in [0.3, 0.4) is 0 Å². The quantitative estimate of drug-likeness (QED) is 0.0318. The molecule has 0 radical (unpaired) electrons. The summed E-state index contributed by atoms with van der Waals surface area (Å²) in [6, 6.07) is 0. The van der Waals surface area contributed by atoms with Crippen LogP contribution in [0.2, 0.25) is 0 Å². The summed E-state index contributed by atoms with van der Waals surface area (Å²) in [6.45, 7) is 5.31. The number of hydrogen-bond donors (Lipinski definition) is 1. The number of allylic oxidation sites excluding steroid dienone is 6. The second-order valence-electron chi connectivity index (χ2n) is 11.9. The van der Waals surface area contributed by atoms with E-state index in [0.717, 1.165) is 64.2 Å². The first-order valence-electron chi connectivity index (χ1n) is 18.3. The maximum Gasteiger partial charge on any atom is 0.472 e. The standard InChI is InChI=1S/C37H67O8P/c1-4-7-9-11-13-15-16-17-18-19-20-21-22-24-26-28-30-32-37(39)45-35(34-44-46(40,41)43-6-3)33-42-36(38)31-29-27-25-23-14-12-10-8-5-2/h7,9,13,15,17-18,35H,4-6,8,10-12,14,16,19-34H2,1-3H3,(H,40,41)/b9-7-,15-13-,18-17-. The Balaban J connectivity index is 4.16. The molecular weight excluding hydrogens is 603 g/mol. The number of carbonyl (C=O) groups is 2. The maximum atomic E-state index is 12.5. The van der Waals surface area contributed by atoms with Gasteiger partial charge in [-0.15, -0.1) is 0 Å². The molecule has 0 spiro atoms. The highest BCUT2D eigenvalue weighted by Gasteiger charge is 2.25. The van der Waals surface area contributed by atoms with Gasteiger partial charge in [0.15, 0.2) is 6.10 Å². The SMILES string of the molecule is CC/C=C\C/C=C\C/C=C\CCCCCCCCCC(=O)OC(COC(=O)CCCCCCCCCCC)COP(=O)(O)OCC. The molecule has 268 valence electrons. The average Bonchev–Trinajstić information content (AvgIpc) is 3.03. The minimum Gasteiger partial charge on any atom is -0.462 e. The summed E-state index contributed by atoms with van der Waals surface area (Å²) in [5, 5.41) is 0. The van der Waals surface area contributed by atoms with E-state index in [1.165, 1.54) is 57.8 Å². The highest BCUT2D eigenvalue weighted by Crippen LogP contribution is 2.43. The molecule has 0 bridgehead atoms. The number of hydrogen-bond acceptors (Lipinski definition) is 7. The molecule has 0 aliphatic rings. The van der Waals surface area contributed by atoms with E-state index in [2.05, 4.69) is 50.3 Å². The molecule has 0 aromatic heterocycles. The fourth-order valence-electron chi connectivity index (χ4n) is 4.82. The van der Waals surface area contributed by atoms with Crippen molar-refractivity contribution in [3.05, 3.63) is 36.5 Å². The number of carbonyl (C=O) groups excluding carboxylic acids is 2. The maximum absolute atomic E-state index is 12.5. The largest absolute Gasteiger partial charge is 0.472 e. The lowest BCUT2D eigenvalue weighted by molar-refractivity contribution is -0.161. The van der Waals surface area contributed by atoms with Crippen LogP contribution in [0, 0.1) is 0 Å². The minimum absolute atomic E-state index is 0.00154. The third-order valence-electron chi connectivity index (χ3n) is 7.46. The number of ether oxygens (including phenoxy) is 2.